The maximum atomic E-state index is 11.7. The Balaban J connectivity index is 0.00000200. The molecule has 0 aliphatic carbocycles. The van der Waals surface area contributed by atoms with Gasteiger partial charge in [-0.05, 0) is 0 Å². The van der Waals surface area contributed by atoms with Crippen molar-refractivity contribution < 1.29 is 9.21 Å². The molecule has 2 rings (SSSR count). The van der Waals surface area contributed by atoms with Gasteiger partial charge in [-0.3, -0.25) is 4.79 Å². The van der Waals surface area contributed by atoms with Crippen molar-refractivity contribution in [2.45, 2.75) is 13.5 Å². The molecule has 0 bridgehead atoms. The topological polar surface area (TPSA) is 81.2 Å². The van der Waals surface area contributed by atoms with Gasteiger partial charge >= 0.3 is 0 Å². The normalized spacial score (nSPS) is 11.5. The van der Waals surface area contributed by atoms with Gasteiger partial charge in [0.2, 0.25) is 5.91 Å². The van der Waals surface area contributed by atoms with E-state index in [9.17, 15) is 4.79 Å². The van der Waals surface area contributed by atoms with E-state index in [1.165, 1.54) is 6.39 Å². The minimum atomic E-state index is -0.202. The number of benzene rings is 1. The van der Waals surface area contributed by atoms with Gasteiger partial charge in [0.15, 0.2) is 12.2 Å². The number of aromatic nitrogens is 1. The number of hydrogen-bond donors (Lipinski definition) is 2. The highest BCUT2D eigenvalue weighted by molar-refractivity contribution is 5.85. The maximum absolute atomic E-state index is 11.7. The first-order valence-corrected chi connectivity index (χ1v) is 6.18. The molecular formula is C14H18ClN3O2. The summed E-state index contributed by atoms with van der Waals surface area (Å²) in [5, 5.41) is 2.80. The summed E-state index contributed by atoms with van der Waals surface area (Å²) in [5.74, 6) is 0.401. The van der Waals surface area contributed by atoms with Crippen molar-refractivity contribution in [1.29, 1.82) is 0 Å². The van der Waals surface area contributed by atoms with Crippen LogP contribution >= 0.6 is 12.4 Å². The molecule has 0 aliphatic rings. The van der Waals surface area contributed by atoms with Crippen LogP contribution in [-0.2, 0) is 11.3 Å². The SMILES string of the molecule is CC(CN)C(=O)NCc1ncoc1-c1ccccc1.Cl. The summed E-state index contributed by atoms with van der Waals surface area (Å²) < 4.78 is 5.38. The highest BCUT2D eigenvalue weighted by atomic mass is 35.5. The summed E-state index contributed by atoms with van der Waals surface area (Å²) in [7, 11) is 0. The zero-order valence-corrected chi connectivity index (χ0v) is 12.0. The van der Waals surface area contributed by atoms with Gasteiger partial charge in [-0.2, -0.15) is 0 Å². The van der Waals surface area contributed by atoms with Crippen molar-refractivity contribution in [3.05, 3.63) is 42.4 Å². The number of oxazole rings is 1. The van der Waals surface area contributed by atoms with Gasteiger partial charge in [-0.15, -0.1) is 12.4 Å². The Morgan fingerprint density at radius 3 is 2.75 bits per heavy atom. The van der Waals surface area contributed by atoms with Crippen LogP contribution in [0.15, 0.2) is 41.1 Å². The molecule has 0 fully saturated rings. The molecule has 1 aromatic carbocycles. The van der Waals surface area contributed by atoms with Crippen LogP contribution in [0, 0.1) is 5.92 Å². The van der Waals surface area contributed by atoms with E-state index in [1.54, 1.807) is 6.92 Å². The average Bonchev–Trinajstić information content (AvgIpc) is 2.93. The molecule has 5 nitrogen and oxygen atoms in total. The smallest absolute Gasteiger partial charge is 0.224 e. The van der Waals surface area contributed by atoms with Gasteiger partial charge in [0.05, 0.1) is 6.54 Å². The van der Waals surface area contributed by atoms with Gasteiger partial charge in [0.25, 0.3) is 0 Å². The first-order valence-electron chi connectivity index (χ1n) is 6.18. The van der Waals surface area contributed by atoms with Crippen LogP contribution in [-0.4, -0.2) is 17.4 Å². The van der Waals surface area contributed by atoms with Crippen LogP contribution in [0.25, 0.3) is 11.3 Å². The van der Waals surface area contributed by atoms with Crippen LogP contribution in [0.2, 0.25) is 0 Å². The maximum Gasteiger partial charge on any atom is 0.224 e. The highest BCUT2D eigenvalue weighted by Gasteiger charge is 2.14. The lowest BCUT2D eigenvalue weighted by Gasteiger charge is -2.09. The van der Waals surface area contributed by atoms with Crippen molar-refractivity contribution in [3.8, 4) is 11.3 Å². The van der Waals surface area contributed by atoms with Gasteiger partial charge < -0.3 is 15.5 Å². The number of nitrogens with two attached hydrogens (primary N) is 1. The fourth-order valence-corrected chi connectivity index (χ4v) is 1.67. The molecule has 0 aliphatic heterocycles. The molecule has 1 unspecified atom stereocenters. The molecule has 6 heteroatoms. The van der Waals surface area contributed by atoms with E-state index in [-0.39, 0.29) is 24.2 Å². The molecule has 1 amide bonds. The molecule has 0 saturated carbocycles. The zero-order chi connectivity index (χ0) is 13.7. The van der Waals surface area contributed by atoms with Gasteiger partial charge in [0, 0.05) is 18.0 Å². The average molecular weight is 296 g/mol. The Morgan fingerprint density at radius 2 is 2.10 bits per heavy atom. The fraction of sp³-hybridized carbons (Fsp3) is 0.286. The van der Waals surface area contributed by atoms with E-state index >= 15 is 0 Å². The third-order valence-electron chi connectivity index (χ3n) is 2.91. The standard InChI is InChI=1S/C14H17N3O2.ClH/c1-10(7-15)14(18)16-8-12-13(19-9-17-12)11-5-3-2-4-6-11;/h2-6,9-10H,7-8,15H2,1H3,(H,16,18);1H. The van der Waals surface area contributed by atoms with Gasteiger partial charge in [-0.25, -0.2) is 4.98 Å². The lowest BCUT2D eigenvalue weighted by atomic mass is 10.1. The van der Waals surface area contributed by atoms with Gasteiger partial charge in [-0.1, -0.05) is 37.3 Å². The Hall–Kier alpha value is -1.85. The van der Waals surface area contributed by atoms with E-state index in [0.29, 0.717) is 24.5 Å². The Morgan fingerprint density at radius 1 is 1.40 bits per heavy atom. The largest absolute Gasteiger partial charge is 0.443 e. The van der Waals surface area contributed by atoms with E-state index < -0.39 is 0 Å². The van der Waals surface area contributed by atoms with E-state index in [2.05, 4.69) is 10.3 Å². The number of hydrogen-bond acceptors (Lipinski definition) is 4. The molecular weight excluding hydrogens is 278 g/mol. The summed E-state index contributed by atoms with van der Waals surface area (Å²) in [4.78, 5) is 15.8. The third-order valence-corrected chi connectivity index (χ3v) is 2.91. The number of nitrogens with one attached hydrogen (secondary N) is 1. The van der Waals surface area contributed by atoms with E-state index in [4.69, 9.17) is 10.2 Å². The number of amides is 1. The predicted molar refractivity (Wildman–Crippen MR) is 79.3 cm³/mol. The summed E-state index contributed by atoms with van der Waals surface area (Å²) in [5.41, 5.74) is 7.10. The van der Waals surface area contributed by atoms with Crippen molar-refractivity contribution in [1.82, 2.24) is 10.3 Å². The van der Waals surface area contributed by atoms with Gasteiger partial charge in [0.1, 0.15) is 5.69 Å². The molecule has 0 radical (unpaired) electrons. The van der Waals surface area contributed by atoms with Crippen LogP contribution in [0.1, 0.15) is 12.6 Å². The number of halogens is 1. The third kappa shape index (κ3) is 3.82. The lowest BCUT2D eigenvalue weighted by molar-refractivity contribution is -0.124. The highest BCUT2D eigenvalue weighted by Crippen LogP contribution is 2.22. The summed E-state index contributed by atoms with van der Waals surface area (Å²) in [6.45, 7) is 2.45. The van der Waals surface area contributed by atoms with Crippen molar-refractivity contribution in [2.75, 3.05) is 6.54 Å². The molecule has 2 aromatic rings. The second-order valence-electron chi connectivity index (χ2n) is 4.35. The molecule has 0 saturated heterocycles. The predicted octanol–water partition coefficient (Wildman–Crippen LogP) is 1.97. The van der Waals surface area contributed by atoms with E-state index in [1.807, 2.05) is 30.3 Å². The minimum absolute atomic E-state index is 0. The lowest BCUT2D eigenvalue weighted by Crippen LogP contribution is -2.32. The summed E-state index contributed by atoms with van der Waals surface area (Å²) >= 11 is 0. The zero-order valence-electron chi connectivity index (χ0n) is 11.2. The van der Waals surface area contributed by atoms with Crippen molar-refractivity contribution in [3.63, 3.8) is 0 Å². The Bertz CT molecular complexity index is 542. The van der Waals surface area contributed by atoms with Crippen LogP contribution in [0.3, 0.4) is 0 Å². The Kier molecular flexibility index (Phi) is 6.21. The molecule has 3 N–H and O–H groups in total. The molecule has 1 aromatic heterocycles. The Labute approximate surface area is 124 Å². The summed E-state index contributed by atoms with van der Waals surface area (Å²) in [6, 6.07) is 9.67. The van der Waals surface area contributed by atoms with Crippen molar-refractivity contribution >= 4 is 18.3 Å². The second-order valence-corrected chi connectivity index (χ2v) is 4.35. The monoisotopic (exact) mass is 295 g/mol. The molecule has 0 spiro atoms. The molecule has 1 heterocycles. The minimum Gasteiger partial charge on any atom is -0.443 e. The number of carbonyl (C=O) groups excluding carboxylic acids is 1. The number of carbonyl (C=O) groups is 1. The molecule has 1 atom stereocenters. The molecule has 20 heavy (non-hydrogen) atoms. The summed E-state index contributed by atoms with van der Waals surface area (Å²) in [6.07, 6.45) is 1.39. The first kappa shape index (κ1) is 16.2. The first-order chi connectivity index (χ1) is 9.22. The van der Waals surface area contributed by atoms with Crippen LogP contribution in [0.5, 0.6) is 0 Å². The van der Waals surface area contributed by atoms with Crippen LogP contribution < -0.4 is 11.1 Å². The number of nitrogens with zero attached hydrogens (tertiary/aromatic N) is 1. The van der Waals surface area contributed by atoms with Crippen molar-refractivity contribution in [2.24, 2.45) is 11.7 Å². The second kappa shape index (κ2) is 7.67. The fourth-order valence-electron chi connectivity index (χ4n) is 1.67. The quantitative estimate of drug-likeness (QED) is 0.884. The molecule has 108 valence electrons. The van der Waals surface area contributed by atoms with E-state index in [0.717, 1.165) is 5.56 Å². The van der Waals surface area contributed by atoms with Crippen LogP contribution in [0.4, 0.5) is 0 Å². The number of rotatable bonds is 5.